The van der Waals surface area contributed by atoms with Gasteiger partial charge in [0.05, 0.1) is 12.3 Å². The molecule has 1 heterocycles. The second kappa shape index (κ2) is 5.70. The number of aliphatic hydroxyl groups is 1. The molecule has 0 unspecified atom stereocenters. The highest BCUT2D eigenvalue weighted by Gasteiger charge is 2.24. The van der Waals surface area contributed by atoms with Gasteiger partial charge in [-0.2, -0.15) is 0 Å². The van der Waals surface area contributed by atoms with Crippen molar-refractivity contribution in [3.05, 3.63) is 35.5 Å². The molecule has 0 bridgehead atoms. The van der Waals surface area contributed by atoms with Gasteiger partial charge in [0, 0.05) is 11.8 Å². The predicted molar refractivity (Wildman–Crippen MR) is 68.1 cm³/mol. The third-order valence-electron chi connectivity index (χ3n) is 2.19. The lowest BCUT2D eigenvalue weighted by Gasteiger charge is -2.04. The molecule has 0 saturated carbocycles. The first-order chi connectivity index (χ1) is 8.69. The third kappa shape index (κ3) is 3.12. The molecule has 2 rings (SSSR count). The van der Waals surface area contributed by atoms with Crippen molar-refractivity contribution in [2.45, 2.75) is 0 Å². The van der Waals surface area contributed by atoms with Gasteiger partial charge in [-0.05, 0) is 23.8 Å². The van der Waals surface area contributed by atoms with E-state index in [2.05, 4.69) is 5.32 Å². The summed E-state index contributed by atoms with van der Waals surface area (Å²) in [6, 6.07) is 7.00. The summed E-state index contributed by atoms with van der Waals surface area (Å²) in [7, 11) is 0. The van der Waals surface area contributed by atoms with Gasteiger partial charge in [0.25, 0.3) is 5.24 Å². The molecule has 94 valence electrons. The lowest BCUT2D eigenvalue weighted by atomic mass is 10.2. The van der Waals surface area contributed by atoms with E-state index in [1.165, 1.54) is 0 Å². The van der Waals surface area contributed by atoms with E-state index >= 15 is 0 Å². The van der Waals surface area contributed by atoms with Gasteiger partial charge in [-0.25, -0.2) is 0 Å². The van der Waals surface area contributed by atoms with Crippen LogP contribution in [0.1, 0.15) is 5.56 Å². The van der Waals surface area contributed by atoms with E-state index in [1.807, 2.05) is 0 Å². The minimum atomic E-state index is -0.353. The van der Waals surface area contributed by atoms with Crippen molar-refractivity contribution in [3.63, 3.8) is 0 Å². The summed E-state index contributed by atoms with van der Waals surface area (Å²) in [5.74, 6) is 0.641. The topological polar surface area (TPSA) is 75.6 Å². The number of thioether (sulfide) groups is 1. The lowest BCUT2D eigenvalue weighted by Crippen LogP contribution is -2.10. The Morgan fingerprint density at radius 2 is 2.00 bits per heavy atom. The van der Waals surface area contributed by atoms with Gasteiger partial charge in [-0.1, -0.05) is 12.1 Å². The Bertz CT molecular complexity index is 495. The molecule has 1 aliphatic rings. The van der Waals surface area contributed by atoms with Crippen LogP contribution in [0.25, 0.3) is 6.08 Å². The SMILES string of the molecule is O=C1NC(=Cc2ccc(OCCO)cc2)C(=O)S1. The van der Waals surface area contributed by atoms with Crippen molar-refractivity contribution >= 4 is 28.2 Å². The maximum absolute atomic E-state index is 11.4. The van der Waals surface area contributed by atoms with Crippen LogP contribution in [0, 0.1) is 0 Å². The Morgan fingerprint density at radius 3 is 2.56 bits per heavy atom. The molecule has 0 spiro atoms. The van der Waals surface area contributed by atoms with Crippen molar-refractivity contribution in [3.8, 4) is 5.75 Å². The van der Waals surface area contributed by atoms with Crippen LogP contribution in [0.3, 0.4) is 0 Å². The summed E-state index contributed by atoms with van der Waals surface area (Å²) >= 11 is 0.652. The summed E-state index contributed by atoms with van der Waals surface area (Å²) in [6.45, 7) is 0.204. The van der Waals surface area contributed by atoms with Crippen molar-refractivity contribution in [2.75, 3.05) is 13.2 Å². The van der Waals surface area contributed by atoms with E-state index in [0.29, 0.717) is 17.5 Å². The molecule has 18 heavy (non-hydrogen) atoms. The maximum atomic E-state index is 11.4. The minimum absolute atomic E-state index is 0.0381. The number of carbonyl (C=O) groups is 2. The number of aliphatic hydroxyl groups excluding tert-OH is 1. The molecule has 1 amide bonds. The van der Waals surface area contributed by atoms with Gasteiger partial charge >= 0.3 is 0 Å². The van der Waals surface area contributed by atoms with Gasteiger partial charge in [-0.15, -0.1) is 0 Å². The highest BCUT2D eigenvalue weighted by atomic mass is 32.2. The van der Waals surface area contributed by atoms with Gasteiger partial charge < -0.3 is 15.2 Å². The summed E-state index contributed by atoms with van der Waals surface area (Å²) < 4.78 is 5.21. The first-order valence-electron chi connectivity index (χ1n) is 5.27. The van der Waals surface area contributed by atoms with Crippen molar-refractivity contribution in [2.24, 2.45) is 0 Å². The first kappa shape index (κ1) is 12.7. The normalized spacial score (nSPS) is 17.1. The molecular weight excluding hydrogens is 254 g/mol. The number of benzene rings is 1. The van der Waals surface area contributed by atoms with Gasteiger partial charge in [0.2, 0.25) is 5.12 Å². The van der Waals surface area contributed by atoms with Crippen LogP contribution < -0.4 is 10.1 Å². The molecule has 1 aliphatic heterocycles. The van der Waals surface area contributed by atoms with Crippen molar-refractivity contribution < 1.29 is 19.4 Å². The van der Waals surface area contributed by atoms with Crippen LogP contribution in [-0.4, -0.2) is 28.7 Å². The smallest absolute Gasteiger partial charge is 0.291 e. The Labute approximate surface area is 108 Å². The van der Waals surface area contributed by atoms with Gasteiger partial charge in [0.1, 0.15) is 12.4 Å². The molecular formula is C12H11NO4S. The fraction of sp³-hybridized carbons (Fsp3) is 0.167. The number of nitrogens with one attached hydrogen (secondary N) is 1. The second-order valence-electron chi connectivity index (χ2n) is 3.50. The molecule has 1 aromatic carbocycles. The largest absolute Gasteiger partial charge is 0.491 e. The minimum Gasteiger partial charge on any atom is -0.491 e. The second-order valence-corrected chi connectivity index (χ2v) is 4.45. The van der Waals surface area contributed by atoms with Crippen LogP contribution in [-0.2, 0) is 4.79 Å². The zero-order chi connectivity index (χ0) is 13.0. The van der Waals surface area contributed by atoms with E-state index < -0.39 is 0 Å². The van der Waals surface area contributed by atoms with Gasteiger partial charge in [0.15, 0.2) is 0 Å². The molecule has 0 atom stereocenters. The molecule has 0 aliphatic carbocycles. The third-order valence-corrected chi connectivity index (χ3v) is 2.89. The van der Waals surface area contributed by atoms with Gasteiger partial charge in [-0.3, -0.25) is 9.59 Å². The fourth-order valence-electron chi connectivity index (χ4n) is 1.41. The molecule has 6 heteroatoms. The Kier molecular flexibility index (Phi) is 4.01. The van der Waals surface area contributed by atoms with Crippen LogP contribution in [0.5, 0.6) is 5.75 Å². The first-order valence-corrected chi connectivity index (χ1v) is 6.09. The number of hydrogen-bond acceptors (Lipinski definition) is 5. The van der Waals surface area contributed by atoms with E-state index in [-0.39, 0.29) is 29.3 Å². The molecule has 2 N–H and O–H groups in total. The number of rotatable bonds is 4. The Balaban J connectivity index is 2.08. The molecule has 0 aromatic heterocycles. The number of carbonyl (C=O) groups excluding carboxylic acids is 2. The van der Waals surface area contributed by atoms with E-state index in [4.69, 9.17) is 9.84 Å². The standard InChI is InChI=1S/C12H11NO4S/c14-5-6-17-9-3-1-8(2-4-9)7-10-11(15)18-12(16)13-10/h1-4,7,14H,5-6H2,(H,13,16). The summed E-state index contributed by atoms with van der Waals surface area (Å²) in [5, 5.41) is 10.5. The van der Waals surface area contributed by atoms with Crippen LogP contribution in [0.4, 0.5) is 4.79 Å². The number of ether oxygens (including phenoxy) is 1. The zero-order valence-corrected chi connectivity index (χ0v) is 10.2. The number of amides is 1. The predicted octanol–water partition coefficient (Wildman–Crippen LogP) is 1.38. The lowest BCUT2D eigenvalue weighted by molar-refractivity contribution is -0.107. The quantitative estimate of drug-likeness (QED) is 0.804. The number of hydrogen-bond donors (Lipinski definition) is 2. The van der Waals surface area contributed by atoms with E-state index in [9.17, 15) is 9.59 Å². The monoisotopic (exact) mass is 265 g/mol. The molecule has 5 nitrogen and oxygen atoms in total. The molecule has 1 fully saturated rings. The molecule has 0 radical (unpaired) electrons. The fourth-order valence-corrected chi connectivity index (χ4v) is 1.96. The van der Waals surface area contributed by atoms with Crippen molar-refractivity contribution in [1.29, 1.82) is 0 Å². The van der Waals surface area contributed by atoms with E-state index in [0.717, 1.165) is 5.56 Å². The Hall–Kier alpha value is -1.79. The summed E-state index contributed by atoms with van der Waals surface area (Å²) in [4.78, 5) is 22.3. The highest BCUT2D eigenvalue weighted by molar-refractivity contribution is 8.27. The van der Waals surface area contributed by atoms with E-state index in [1.54, 1.807) is 30.3 Å². The molecule has 1 saturated heterocycles. The van der Waals surface area contributed by atoms with Crippen LogP contribution >= 0.6 is 11.8 Å². The average molecular weight is 265 g/mol. The average Bonchev–Trinajstić information content (AvgIpc) is 2.67. The van der Waals surface area contributed by atoms with Crippen LogP contribution in [0.15, 0.2) is 30.0 Å². The summed E-state index contributed by atoms with van der Waals surface area (Å²) in [5.41, 5.74) is 1.08. The zero-order valence-electron chi connectivity index (χ0n) is 9.38. The maximum Gasteiger partial charge on any atom is 0.291 e. The summed E-state index contributed by atoms with van der Waals surface area (Å²) in [6.07, 6.45) is 1.61. The van der Waals surface area contributed by atoms with Crippen molar-refractivity contribution in [1.82, 2.24) is 5.32 Å². The Morgan fingerprint density at radius 1 is 1.28 bits per heavy atom. The van der Waals surface area contributed by atoms with Crippen LogP contribution in [0.2, 0.25) is 0 Å². The highest BCUT2D eigenvalue weighted by Crippen LogP contribution is 2.21. The molecule has 1 aromatic rings.